The van der Waals surface area contributed by atoms with Gasteiger partial charge in [-0.2, -0.15) is 0 Å². The molecule has 0 amide bonds. The van der Waals surface area contributed by atoms with Crippen LogP contribution in [0.2, 0.25) is 0 Å². The van der Waals surface area contributed by atoms with E-state index in [9.17, 15) is 9.18 Å². The normalized spacial score (nSPS) is 15.5. The van der Waals surface area contributed by atoms with Crippen LogP contribution < -0.4 is 4.74 Å². The number of carbonyl (C=O) groups is 1. The minimum absolute atomic E-state index is 0.307. The molecule has 0 N–H and O–H groups in total. The highest BCUT2D eigenvalue weighted by atomic mass is 19.1. The molecule has 2 nitrogen and oxygen atoms in total. The van der Waals surface area contributed by atoms with Crippen LogP contribution in [0.5, 0.6) is 5.75 Å². The summed E-state index contributed by atoms with van der Waals surface area (Å²) in [4.78, 5) is 10.9. The predicted molar refractivity (Wildman–Crippen MR) is 68.2 cm³/mol. The largest absolute Gasteiger partial charge is 0.490 e. The summed E-state index contributed by atoms with van der Waals surface area (Å²) >= 11 is 0. The van der Waals surface area contributed by atoms with Crippen molar-refractivity contribution in [2.45, 2.75) is 33.1 Å². The van der Waals surface area contributed by atoms with Gasteiger partial charge in [0.05, 0.1) is 6.61 Å². The van der Waals surface area contributed by atoms with Crippen molar-refractivity contribution < 1.29 is 13.9 Å². The minimum atomic E-state index is -0.425. The molecule has 0 radical (unpaired) electrons. The van der Waals surface area contributed by atoms with Crippen LogP contribution in [0.1, 0.15) is 32.3 Å². The summed E-state index contributed by atoms with van der Waals surface area (Å²) in [5.41, 5.74) is 0.505. The average molecular weight is 250 g/mol. The van der Waals surface area contributed by atoms with Crippen molar-refractivity contribution in [3.05, 3.63) is 29.6 Å². The Kier molecular flexibility index (Phi) is 3.69. The van der Waals surface area contributed by atoms with E-state index in [1.165, 1.54) is 18.9 Å². The quantitative estimate of drug-likeness (QED) is 0.723. The molecule has 0 heterocycles. The summed E-state index contributed by atoms with van der Waals surface area (Å²) < 4.78 is 19.0. The molecule has 0 aliphatic heterocycles. The highest BCUT2D eigenvalue weighted by Gasteiger charge is 2.23. The first kappa shape index (κ1) is 13.1. The topological polar surface area (TPSA) is 26.3 Å². The molecule has 0 spiro atoms. The second-order valence-electron chi connectivity index (χ2n) is 5.80. The van der Waals surface area contributed by atoms with E-state index in [4.69, 9.17) is 4.74 Å². The molecule has 1 aliphatic carbocycles. The van der Waals surface area contributed by atoms with E-state index in [0.717, 1.165) is 11.8 Å². The van der Waals surface area contributed by atoms with Crippen LogP contribution in [0.15, 0.2) is 18.2 Å². The van der Waals surface area contributed by atoms with Gasteiger partial charge in [-0.1, -0.05) is 19.9 Å². The lowest BCUT2D eigenvalue weighted by Gasteiger charge is -2.17. The second kappa shape index (κ2) is 5.09. The van der Waals surface area contributed by atoms with Gasteiger partial charge in [-0.25, -0.2) is 4.39 Å². The Hall–Kier alpha value is -1.38. The van der Waals surface area contributed by atoms with Crippen molar-refractivity contribution in [1.82, 2.24) is 0 Å². The fraction of sp³-hybridized carbons (Fsp3) is 0.533. The summed E-state index contributed by atoms with van der Waals surface area (Å²) in [5.74, 6) is 0.573. The van der Waals surface area contributed by atoms with Gasteiger partial charge in [0, 0.05) is 5.41 Å². The van der Waals surface area contributed by atoms with Crippen molar-refractivity contribution in [1.29, 1.82) is 0 Å². The van der Waals surface area contributed by atoms with E-state index in [2.05, 4.69) is 0 Å². The summed E-state index contributed by atoms with van der Waals surface area (Å²) in [5, 5.41) is 0. The second-order valence-corrected chi connectivity index (χ2v) is 5.80. The maximum Gasteiger partial charge on any atom is 0.165 e. The molecular weight excluding hydrogens is 231 g/mol. The van der Waals surface area contributed by atoms with Gasteiger partial charge in [-0.3, -0.25) is 0 Å². The average Bonchev–Trinajstić information content (AvgIpc) is 3.13. The van der Waals surface area contributed by atoms with Crippen LogP contribution in [0.25, 0.3) is 0 Å². The van der Waals surface area contributed by atoms with Gasteiger partial charge in [0.25, 0.3) is 0 Å². The zero-order valence-electron chi connectivity index (χ0n) is 10.9. The Labute approximate surface area is 107 Å². The Bertz CT molecular complexity index is 436. The number of carbonyl (C=O) groups excluding carboxylic acids is 1. The molecule has 1 saturated carbocycles. The Balaban J connectivity index is 2.06. The van der Waals surface area contributed by atoms with Crippen molar-refractivity contribution in [2.75, 3.05) is 6.61 Å². The molecule has 0 bridgehead atoms. The number of ether oxygens (including phenoxy) is 1. The highest BCUT2D eigenvalue weighted by molar-refractivity contribution is 5.58. The highest BCUT2D eigenvalue weighted by Crippen LogP contribution is 2.31. The van der Waals surface area contributed by atoms with E-state index in [-0.39, 0.29) is 5.82 Å². The van der Waals surface area contributed by atoms with E-state index in [1.54, 1.807) is 12.1 Å². The molecular formula is C15H19FO2. The first-order valence-electron chi connectivity index (χ1n) is 6.38. The van der Waals surface area contributed by atoms with Crippen molar-refractivity contribution in [3.63, 3.8) is 0 Å². The lowest BCUT2D eigenvalue weighted by atomic mass is 9.87. The van der Waals surface area contributed by atoms with Gasteiger partial charge in [-0.05, 0) is 42.9 Å². The standard InChI is InChI=1S/C15H19FO2/c1-15(2,10-17)8-12-5-6-13(16)14(7-12)18-9-11-3-4-11/h5-7,10-11H,3-4,8-9H2,1-2H3. The maximum atomic E-state index is 13.6. The molecule has 1 aromatic carbocycles. The summed E-state index contributed by atoms with van der Waals surface area (Å²) in [6, 6.07) is 4.84. The summed E-state index contributed by atoms with van der Waals surface area (Å²) in [6.07, 6.45) is 3.89. The van der Waals surface area contributed by atoms with E-state index in [1.807, 2.05) is 13.8 Å². The van der Waals surface area contributed by atoms with Crippen LogP contribution in [0.4, 0.5) is 4.39 Å². The van der Waals surface area contributed by atoms with Gasteiger partial charge in [0.2, 0.25) is 0 Å². The third kappa shape index (κ3) is 3.56. The monoisotopic (exact) mass is 250 g/mol. The lowest BCUT2D eigenvalue weighted by molar-refractivity contribution is -0.114. The van der Waals surface area contributed by atoms with Crippen LogP contribution >= 0.6 is 0 Å². The lowest BCUT2D eigenvalue weighted by Crippen LogP contribution is -2.16. The number of aldehydes is 1. The zero-order chi connectivity index (χ0) is 13.2. The van der Waals surface area contributed by atoms with Crippen LogP contribution in [0, 0.1) is 17.2 Å². The van der Waals surface area contributed by atoms with Gasteiger partial charge in [0.15, 0.2) is 11.6 Å². The first-order valence-corrected chi connectivity index (χ1v) is 6.38. The molecule has 18 heavy (non-hydrogen) atoms. The molecule has 1 aromatic rings. The molecule has 0 saturated heterocycles. The van der Waals surface area contributed by atoms with Gasteiger partial charge < -0.3 is 9.53 Å². The number of halogens is 1. The van der Waals surface area contributed by atoms with Crippen LogP contribution in [-0.4, -0.2) is 12.9 Å². The van der Waals surface area contributed by atoms with Gasteiger partial charge in [0.1, 0.15) is 6.29 Å². The Morgan fingerprint density at radius 1 is 1.44 bits per heavy atom. The summed E-state index contributed by atoms with van der Waals surface area (Å²) in [6.45, 7) is 4.33. The maximum absolute atomic E-state index is 13.6. The SMILES string of the molecule is CC(C)(C=O)Cc1ccc(F)c(OCC2CC2)c1. The molecule has 0 unspecified atom stereocenters. The number of benzene rings is 1. The molecule has 0 atom stereocenters. The van der Waals surface area contributed by atoms with Crippen molar-refractivity contribution in [2.24, 2.45) is 11.3 Å². The number of hydrogen-bond acceptors (Lipinski definition) is 2. The third-order valence-corrected chi connectivity index (χ3v) is 3.15. The van der Waals surface area contributed by atoms with Crippen molar-refractivity contribution in [3.8, 4) is 5.75 Å². The van der Waals surface area contributed by atoms with Crippen LogP contribution in [0.3, 0.4) is 0 Å². The first-order chi connectivity index (χ1) is 8.50. The third-order valence-electron chi connectivity index (χ3n) is 3.15. The Morgan fingerprint density at radius 2 is 2.17 bits per heavy atom. The molecule has 1 fully saturated rings. The number of rotatable bonds is 6. The van der Waals surface area contributed by atoms with Crippen LogP contribution in [-0.2, 0) is 11.2 Å². The Morgan fingerprint density at radius 3 is 2.78 bits per heavy atom. The minimum Gasteiger partial charge on any atom is -0.490 e. The van der Waals surface area contributed by atoms with E-state index >= 15 is 0 Å². The van der Waals surface area contributed by atoms with Gasteiger partial charge in [-0.15, -0.1) is 0 Å². The van der Waals surface area contributed by atoms with Crippen molar-refractivity contribution >= 4 is 6.29 Å². The van der Waals surface area contributed by atoms with E-state index < -0.39 is 5.41 Å². The molecule has 3 heteroatoms. The fourth-order valence-corrected chi connectivity index (χ4v) is 1.83. The predicted octanol–water partition coefficient (Wildman–Crippen LogP) is 3.38. The number of hydrogen-bond donors (Lipinski definition) is 0. The molecule has 0 aromatic heterocycles. The smallest absolute Gasteiger partial charge is 0.165 e. The molecule has 1 aliphatic rings. The van der Waals surface area contributed by atoms with E-state index in [0.29, 0.717) is 24.7 Å². The zero-order valence-corrected chi connectivity index (χ0v) is 10.9. The molecule has 2 rings (SSSR count). The summed E-state index contributed by atoms with van der Waals surface area (Å²) in [7, 11) is 0. The van der Waals surface area contributed by atoms with Gasteiger partial charge >= 0.3 is 0 Å². The fourth-order valence-electron chi connectivity index (χ4n) is 1.83. The molecule has 98 valence electrons.